The molecule has 0 heterocycles. The molecule has 1 aromatic carbocycles. The number of aliphatic hydroxyl groups is 1. The van der Waals surface area contributed by atoms with Crippen molar-refractivity contribution in [2.45, 2.75) is 43.2 Å². The van der Waals surface area contributed by atoms with Crippen molar-refractivity contribution >= 4 is 11.8 Å². The summed E-state index contributed by atoms with van der Waals surface area (Å²) in [5.41, 5.74) is -1.20. The molecule has 0 bridgehead atoms. The first-order valence-electron chi connectivity index (χ1n) is 6.54. The second-order valence-corrected chi connectivity index (χ2v) is 6.33. The topological polar surface area (TPSA) is 20.2 Å². The Kier molecular flexibility index (Phi) is 4.96. The molecule has 1 nitrogen and oxygen atoms in total. The summed E-state index contributed by atoms with van der Waals surface area (Å²) in [5, 5.41) is 10.4. The van der Waals surface area contributed by atoms with Gasteiger partial charge in [-0.05, 0) is 30.5 Å². The van der Waals surface area contributed by atoms with Crippen LogP contribution in [0, 0.1) is 5.82 Å². The smallest absolute Gasteiger partial charge is 0.388 e. The van der Waals surface area contributed by atoms with Crippen LogP contribution in [0.5, 0.6) is 0 Å². The molecule has 0 aliphatic heterocycles. The van der Waals surface area contributed by atoms with E-state index in [0.29, 0.717) is 17.1 Å². The highest BCUT2D eigenvalue weighted by Crippen LogP contribution is 2.35. The summed E-state index contributed by atoms with van der Waals surface area (Å²) in [6, 6.07) is 2.68. The van der Waals surface area contributed by atoms with Crippen LogP contribution in [0.3, 0.4) is 0 Å². The summed E-state index contributed by atoms with van der Waals surface area (Å²) in [7, 11) is 0. The molecule has 1 unspecified atom stereocenters. The van der Waals surface area contributed by atoms with E-state index >= 15 is 0 Å². The summed E-state index contributed by atoms with van der Waals surface area (Å²) in [5.74, 6) is -0.968. The molecule has 20 heavy (non-hydrogen) atoms. The Bertz CT molecular complexity index is 455. The number of aliphatic hydroxyl groups excluding tert-OH is 1. The molecule has 1 N–H and O–H groups in total. The maximum absolute atomic E-state index is 13.2. The minimum absolute atomic E-state index is 0.115. The molecule has 112 valence electrons. The van der Waals surface area contributed by atoms with Crippen LogP contribution in [0.4, 0.5) is 17.6 Å². The number of hydrogen-bond acceptors (Lipinski definition) is 2. The molecule has 0 saturated heterocycles. The average molecular weight is 308 g/mol. The number of halogens is 4. The summed E-state index contributed by atoms with van der Waals surface area (Å²) < 4.78 is 50.9. The van der Waals surface area contributed by atoms with Gasteiger partial charge in [-0.25, -0.2) is 4.39 Å². The number of alkyl halides is 3. The second-order valence-electron chi connectivity index (χ2n) is 4.99. The normalized spacial score (nSPS) is 18.4. The molecule has 1 atom stereocenters. The highest BCUT2D eigenvalue weighted by molar-refractivity contribution is 7.99. The molecule has 6 heteroatoms. The molecule has 1 saturated carbocycles. The first kappa shape index (κ1) is 15.6. The molecule has 1 aliphatic rings. The molecule has 0 amide bonds. The predicted octanol–water partition coefficient (Wildman–Crippen LogP) is 4.55. The molecule has 0 spiro atoms. The van der Waals surface area contributed by atoms with Crippen LogP contribution in [-0.4, -0.2) is 16.1 Å². The lowest BCUT2D eigenvalue weighted by molar-refractivity contribution is -0.140. The average Bonchev–Trinajstić information content (AvgIpc) is 2.88. The van der Waals surface area contributed by atoms with Gasteiger partial charge in [-0.15, -0.1) is 0 Å². The molecule has 1 fully saturated rings. The highest BCUT2D eigenvalue weighted by atomic mass is 32.2. The van der Waals surface area contributed by atoms with E-state index in [-0.39, 0.29) is 5.56 Å². The van der Waals surface area contributed by atoms with Gasteiger partial charge in [-0.3, -0.25) is 0 Å². The number of rotatable bonds is 4. The third kappa shape index (κ3) is 3.88. The van der Waals surface area contributed by atoms with Crippen molar-refractivity contribution in [3.05, 3.63) is 35.1 Å². The van der Waals surface area contributed by atoms with Crippen LogP contribution in [0.1, 0.15) is 42.9 Å². The fourth-order valence-electron chi connectivity index (χ4n) is 2.35. The van der Waals surface area contributed by atoms with Gasteiger partial charge in [0.05, 0.1) is 11.7 Å². The summed E-state index contributed by atoms with van der Waals surface area (Å²) in [4.78, 5) is 0. The van der Waals surface area contributed by atoms with Crippen molar-refractivity contribution in [2.24, 2.45) is 0 Å². The fourth-order valence-corrected chi connectivity index (χ4v) is 3.66. The van der Waals surface area contributed by atoms with Gasteiger partial charge in [-0.1, -0.05) is 18.9 Å². The molecule has 2 rings (SSSR count). The van der Waals surface area contributed by atoms with Crippen LogP contribution in [0.15, 0.2) is 18.2 Å². The third-order valence-corrected chi connectivity index (χ3v) is 4.92. The Morgan fingerprint density at radius 3 is 2.50 bits per heavy atom. The van der Waals surface area contributed by atoms with Crippen molar-refractivity contribution in [3.63, 3.8) is 0 Å². The summed E-state index contributed by atoms with van der Waals surface area (Å²) in [6.07, 6.45) is -1.21. The van der Waals surface area contributed by atoms with Gasteiger partial charge in [0.1, 0.15) is 5.82 Å². The Balaban J connectivity index is 2.03. The standard InChI is InChI=1S/C14H16F4OS/c15-12-6-5-9(7-11(12)14(16,17)18)13(19)8-20-10-3-1-2-4-10/h5-7,10,13,19H,1-4,8H2. The van der Waals surface area contributed by atoms with Gasteiger partial charge in [0.25, 0.3) is 0 Å². The van der Waals surface area contributed by atoms with Crippen molar-refractivity contribution in [3.8, 4) is 0 Å². The lowest BCUT2D eigenvalue weighted by Crippen LogP contribution is -2.11. The van der Waals surface area contributed by atoms with Crippen LogP contribution in [-0.2, 0) is 6.18 Å². The van der Waals surface area contributed by atoms with E-state index in [4.69, 9.17) is 0 Å². The van der Waals surface area contributed by atoms with E-state index in [1.54, 1.807) is 11.8 Å². The molecular weight excluding hydrogens is 292 g/mol. The molecule has 1 aliphatic carbocycles. The van der Waals surface area contributed by atoms with Crippen LogP contribution in [0.2, 0.25) is 0 Å². The quantitative estimate of drug-likeness (QED) is 0.823. The Morgan fingerprint density at radius 1 is 1.25 bits per heavy atom. The van der Waals surface area contributed by atoms with E-state index < -0.39 is 23.7 Å². The van der Waals surface area contributed by atoms with Gasteiger partial charge in [0.2, 0.25) is 0 Å². The van der Waals surface area contributed by atoms with Crippen LogP contribution in [0.25, 0.3) is 0 Å². The van der Waals surface area contributed by atoms with Gasteiger partial charge >= 0.3 is 6.18 Å². The summed E-state index contributed by atoms with van der Waals surface area (Å²) >= 11 is 1.58. The van der Waals surface area contributed by atoms with Crippen molar-refractivity contribution in [1.82, 2.24) is 0 Å². The lowest BCUT2D eigenvalue weighted by Gasteiger charge is -2.16. The maximum atomic E-state index is 13.2. The fraction of sp³-hybridized carbons (Fsp3) is 0.571. The van der Waals surface area contributed by atoms with E-state index in [1.165, 1.54) is 18.9 Å². The number of hydrogen-bond donors (Lipinski definition) is 1. The Morgan fingerprint density at radius 2 is 1.90 bits per heavy atom. The van der Waals surface area contributed by atoms with Crippen molar-refractivity contribution in [2.75, 3.05) is 5.75 Å². The molecule has 0 aromatic heterocycles. The molecule has 0 radical (unpaired) electrons. The van der Waals surface area contributed by atoms with Gasteiger partial charge in [-0.2, -0.15) is 24.9 Å². The minimum Gasteiger partial charge on any atom is -0.388 e. The van der Waals surface area contributed by atoms with Crippen LogP contribution >= 0.6 is 11.8 Å². The third-order valence-electron chi connectivity index (χ3n) is 3.47. The zero-order chi connectivity index (χ0) is 14.8. The molecule has 1 aromatic rings. The predicted molar refractivity (Wildman–Crippen MR) is 71.1 cm³/mol. The maximum Gasteiger partial charge on any atom is 0.419 e. The SMILES string of the molecule is OC(CSC1CCCC1)c1ccc(F)c(C(F)(F)F)c1. The van der Waals surface area contributed by atoms with E-state index in [2.05, 4.69) is 0 Å². The van der Waals surface area contributed by atoms with E-state index in [0.717, 1.165) is 18.9 Å². The van der Waals surface area contributed by atoms with Crippen molar-refractivity contribution in [1.29, 1.82) is 0 Å². The van der Waals surface area contributed by atoms with Crippen molar-refractivity contribution < 1.29 is 22.7 Å². The first-order valence-corrected chi connectivity index (χ1v) is 7.59. The summed E-state index contributed by atoms with van der Waals surface area (Å²) in [6.45, 7) is 0. The largest absolute Gasteiger partial charge is 0.419 e. The van der Waals surface area contributed by atoms with Gasteiger partial charge < -0.3 is 5.11 Å². The Labute approximate surface area is 119 Å². The zero-order valence-electron chi connectivity index (χ0n) is 10.8. The Hall–Kier alpha value is -0.750. The van der Waals surface area contributed by atoms with Gasteiger partial charge in [0.15, 0.2) is 0 Å². The monoisotopic (exact) mass is 308 g/mol. The molecular formula is C14H16F4OS. The van der Waals surface area contributed by atoms with E-state index in [9.17, 15) is 22.7 Å². The van der Waals surface area contributed by atoms with Gasteiger partial charge in [0, 0.05) is 11.0 Å². The number of thioether (sulfide) groups is 1. The second kappa shape index (κ2) is 6.35. The first-order chi connectivity index (χ1) is 9.38. The number of benzene rings is 1. The lowest BCUT2D eigenvalue weighted by atomic mass is 10.1. The van der Waals surface area contributed by atoms with E-state index in [1.807, 2.05) is 0 Å². The minimum atomic E-state index is -4.74. The zero-order valence-corrected chi connectivity index (χ0v) is 11.6. The highest BCUT2D eigenvalue weighted by Gasteiger charge is 2.34. The van der Waals surface area contributed by atoms with Crippen LogP contribution < -0.4 is 0 Å².